The number of nitrogens with one attached hydrogen (secondary N) is 1. The van der Waals surface area contributed by atoms with Crippen LogP contribution < -0.4 is 5.32 Å². The summed E-state index contributed by atoms with van der Waals surface area (Å²) in [5.41, 5.74) is 0. The van der Waals surface area contributed by atoms with Crippen LogP contribution in [-0.4, -0.2) is 46.1 Å². The van der Waals surface area contributed by atoms with Gasteiger partial charge < -0.3 is 20.6 Å². The molecule has 0 aliphatic rings. The van der Waals surface area contributed by atoms with Gasteiger partial charge in [0.2, 0.25) is 5.91 Å². The lowest BCUT2D eigenvalue weighted by molar-refractivity contribution is -0.124. The summed E-state index contributed by atoms with van der Waals surface area (Å²) in [6.45, 7) is 4.19. The van der Waals surface area contributed by atoms with Crippen molar-refractivity contribution in [2.75, 3.05) is 6.61 Å². The van der Waals surface area contributed by atoms with Crippen LogP contribution in [0.5, 0.6) is 0 Å². The zero-order chi connectivity index (χ0) is 35.2. The smallest absolute Gasteiger partial charge is 0.222 e. The van der Waals surface area contributed by atoms with Crippen molar-refractivity contribution in [2.45, 2.75) is 225 Å². The quantitative estimate of drug-likeness (QED) is 0.0390. The Bertz CT molecular complexity index is 749. The van der Waals surface area contributed by atoms with E-state index in [1.165, 1.54) is 135 Å². The fourth-order valence-corrected chi connectivity index (χ4v) is 6.17. The molecule has 48 heavy (non-hydrogen) atoms. The molecule has 5 nitrogen and oxygen atoms in total. The molecule has 0 aromatic rings. The van der Waals surface area contributed by atoms with Crippen molar-refractivity contribution in [3.05, 3.63) is 36.5 Å². The number of amides is 1. The zero-order valence-corrected chi connectivity index (χ0v) is 31.9. The van der Waals surface area contributed by atoms with Crippen LogP contribution in [0.4, 0.5) is 0 Å². The monoisotopic (exact) mass is 676 g/mol. The van der Waals surface area contributed by atoms with Gasteiger partial charge in [0.15, 0.2) is 0 Å². The second-order valence-electron chi connectivity index (χ2n) is 14.2. The first-order valence-corrected chi connectivity index (χ1v) is 20.8. The number of aliphatic hydroxyl groups is 3. The number of hydrogen-bond acceptors (Lipinski definition) is 4. The minimum Gasteiger partial charge on any atom is -0.394 e. The fraction of sp³-hybridized carbons (Fsp3) is 0.837. The summed E-state index contributed by atoms with van der Waals surface area (Å²) in [7, 11) is 0. The third-order valence-corrected chi connectivity index (χ3v) is 9.40. The van der Waals surface area contributed by atoms with Gasteiger partial charge in [-0.15, -0.1) is 0 Å². The first-order valence-electron chi connectivity index (χ1n) is 20.8. The first kappa shape index (κ1) is 46.6. The molecule has 0 aromatic carbocycles. The molecule has 282 valence electrons. The Morgan fingerprint density at radius 1 is 0.521 bits per heavy atom. The van der Waals surface area contributed by atoms with Crippen LogP contribution >= 0.6 is 0 Å². The van der Waals surface area contributed by atoms with Gasteiger partial charge >= 0.3 is 0 Å². The summed E-state index contributed by atoms with van der Waals surface area (Å²) >= 11 is 0. The van der Waals surface area contributed by atoms with Gasteiger partial charge in [-0.2, -0.15) is 0 Å². The molecule has 0 rings (SSSR count). The van der Waals surface area contributed by atoms with Gasteiger partial charge in [0, 0.05) is 0 Å². The molecule has 0 aromatic heterocycles. The van der Waals surface area contributed by atoms with Gasteiger partial charge in [0.1, 0.15) is 0 Å². The molecule has 0 bridgehead atoms. The van der Waals surface area contributed by atoms with Gasteiger partial charge in [-0.1, -0.05) is 179 Å². The van der Waals surface area contributed by atoms with Crippen molar-refractivity contribution >= 4 is 5.91 Å². The molecule has 0 radical (unpaired) electrons. The molecular weight excluding hydrogens is 594 g/mol. The first-order chi connectivity index (χ1) is 23.5. The van der Waals surface area contributed by atoms with E-state index in [9.17, 15) is 20.1 Å². The number of hydrogen-bond donors (Lipinski definition) is 4. The second kappa shape index (κ2) is 38.4. The Labute approximate surface area is 298 Å². The van der Waals surface area contributed by atoms with Crippen molar-refractivity contribution in [1.29, 1.82) is 0 Å². The molecule has 0 spiro atoms. The number of allylic oxidation sites excluding steroid dienone is 5. The Kier molecular flexibility index (Phi) is 37.2. The van der Waals surface area contributed by atoms with Crippen LogP contribution in [0.1, 0.15) is 206 Å². The third-order valence-electron chi connectivity index (χ3n) is 9.40. The topological polar surface area (TPSA) is 89.8 Å². The minimum atomic E-state index is -0.952. The average Bonchev–Trinajstić information content (AvgIpc) is 3.08. The highest BCUT2D eigenvalue weighted by molar-refractivity contribution is 5.76. The highest BCUT2D eigenvalue weighted by Crippen LogP contribution is 2.14. The largest absolute Gasteiger partial charge is 0.394 e. The molecule has 3 atom stereocenters. The van der Waals surface area contributed by atoms with Crippen LogP contribution in [-0.2, 0) is 4.79 Å². The minimum absolute atomic E-state index is 0.000425. The van der Waals surface area contributed by atoms with Gasteiger partial charge in [0.05, 0.1) is 31.3 Å². The maximum atomic E-state index is 12.4. The van der Waals surface area contributed by atoms with Crippen molar-refractivity contribution in [3.63, 3.8) is 0 Å². The number of carbonyl (C=O) groups excluding carboxylic acids is 1. The Balaban J connectivity index is 3.75. The Morgan fingerprint density at radius 3 is 1.33 bits per heavy atom. The molecule has 4 N–H and O–H groups in total. The molecule has 0 fully saturated rings. The molecule has 3 unspecified atom stereocenters. The highest BCUT2D eigenvalue weighted by Gasteiger charge is 2.20. The second-order valence-corrected chi connectivity index (χ2v) is 14.2. The van der Waals surface area contributed by atoms with E-state index in [-0.39, 0.29) is 18.9 Å². The predicted molar refractivity (Wildman–Crippen MR) is 208 cm³/mol. The molecule has 0 saturated carbocycles. The van der Waals surface area contributed by atoms with Gasteiger partial charge in [-0.3, -0.25) is 4.79 Å². The van der Waals surface area contributed by atoms with Crippen LogP contribution in [0.2, 0.25) is 0 Å². The van der Waals surface area contributed by atoms with E-state index in [4.69, 9.17) is 0 Å². The van der Waals surface area contributed by atoms with E-state index in [0.717, 1.165) is 44.9 Å². The van der Waals surface area contributed by atoms with E-state index >= 15 is 0 Å². The van der Waals surface area contributed by atoms with E-state index in [0.29, 0.717) is 6.42 Å². The maximum Gasteiger partial charge on any atom is 0.222 e. The molecular formula is C43H81NO4. The molecule has 5 heteroatoms. The van der Waals surface area contributed by atoms with Gasteiger partial charge in [-0.05, 0) is 57.8 Å². The molecule has 0 heterocycles. The van der Waals surface area contributed by atoms with E-state index in [2.05, 4.69) is 43.5 Å². The zero-order valence-electron chi connectivity index (χ0n) is 31.9. The number of carbonyl (C=O) groups is 1. The maximum absolute atomic E-state index is 12.4. The van der Waals surface area contributed by atoms with Crippen LogP contribution in [0.15, 0.2) is 36.5 Å². The summed E-state index contributed by atoms with van der Waals surface area (Å²) in [4.78, 5) is 12.4. The van der Waals surface area contributed by atoms with Gasteiger partial charge in [-0.25, -0.2) is 0 Å². The van der Waals surface area contributed by atoms with Gasteiger partial charge in [0.25, 0.3) is 0 Å². The molecule has 0 aliphatic carbocycles. The predicted octanol–water partition coefficient (Wildman–Crippen LogP) is 11.6. The van der Waals surface area contributed by atoms with Crippen LogP contribution in [0.3, 0.4) is 0 Å². The summed E-state index contributed by atoms with van der Waals surface area (Å²) in [5.74, 6) is -0.331. The van der Waals surface area contributed by atoms with E-state index in [1.807, 2.05) is 6.08 Å². The summed E-state index contributed by atoms with van der Waals surface area (Å²) in [6, 6.07) is -0.762. The van der Waals surface area contributed by atoms with Crippen LogP contribution in [0, 0.1) is 0 Å². The lowest BCUT2D eigenvalue weighted by atomic mass is 10.0. The lowest BCUT2D eigenvalue weighted by Crippen LogP contribution is -2.45. The Hall–Kier alpha value is -1.43. The van der Waals surface area contributed by atoms with Crippen molar-refractivity contribution < 1.29 is 20.1 Å². The summed E-state index contributed by atoms with van der Waals surface area (Å²) in [6.07, 6.45) is 47.0. The van der Waals surface area contributed by atoms with Crippen molar-refractivity contribution in [2.24, 2.45) is 0 Å². The third kappa shape index (κ3) is 34.4. The molecule has 0 saturated heterocycles. The average molecular weight is 676 g/mol. The van der Waals surface area contributed by atoms with Crippen LogP contribution in [0.25, 0.3) is 0 Å². The highest BCUT2D eigenvalue weighted by atomic mass is 16.3. The van der Waals surface area contributed by atoms with E-state index < -0.39 is 18.2 Å². The summed E-state index contributed by atoms with van der Waals surface area (Å²) in [5, 5.41) is 33.1. The van der Waals surface area contributed by atoms with Crippen molar-refractivity contribution in [3.8, 4) is 0 Å². The number of rotatable bonds is 37. The SMILES string of the molecule is CCCCCCCCCC/C=C\CCCCCCCC(O)CC(=O)NC(CO)C(O)/C=C/CC/C=C/CCCCCCCCCCCC. The normalized spacial score (nSPS) is 14.0. The number of aliphatic hydroxyl groups excluding tert-OH is 3. The fourth-order valence-electron chi connectivity index (χ4n) is 6.17. The standard InChI is InChI=1S/C43H81NO4/c1-3-5-7-9-11-13-15-17-19-21-22-24-26-28-30-32-34-36-40(46)38-43(48)44-41(39-45)42(47)37-35-33-31-29-27-25-23-20-18-16-14-12-10-8-6-4-2/h21-22,27,29,35,37,40-42,45-47H,3-20,23-26,28,30-34,36,38-39H2,1-2H3,(H,44,48)/b22-21-,29-27+,37-35+. The van der Waals surface area contributed by atoms with E-state index in [1.54, 1.807) is 6.08 Å². The molecule has 1 amide bonds. The van der Waals surface area contributed by atoms with Crippen molar-refractivity contribution in [1.82, 2.24) is 5.32 Å². The lowest BCUT2D eigenvalue weighted by Gasteiger charge is -2.20. The number of unbranched alkanes of at least 4 members (excludes halogenated alkanes) is 24. The molecule has 0 aliphatic heterocycles. The Morgan fingerprint density at radius 2 is 0.896 bits per heavy atom. The summed E-state index contributed by atoms with van der Waals surface area (Å²) < 4.78 is 0.